The molecule has 0 unspecified atom stereocenters. The van der Waals surface area contributed by atoms with Crippen molar-refractivity contribution in [3.63, 3.8) is 0 Å². The van der Waals surface area contributed by atoms with E-state index in [1.54, 1.807) is 0 Å². The molecule has 132 valence electrons. The minimum absolute atomic E-state index is 1.02. The third-order valence-corrected chi connectivity index (χ3v) is 5.55. The number of likely N-dealkylation sites (N-methyl/N-ethyl adjacent to an activating group) is 1. The highest BCUT2D eigenvalue weighted by Gasteiger charge is 2.26. The van der Waals surface area contributed by atoms with Gasteiger partial charge in [0.15, 0.2) is 0 Å². The van der Waals surface area contributed by atoms with E-state index >= 15 is 0 Å². The molecule has 0 aliphatic carbocycles. The van der Waals surface area contributed by atoms with Crippen LogP contribution in [0.1, 0.15) is 41.7 Å². The number of benzene rings is 1. The molecule has 0 N–H and O–H groups in total. The standard InChI is InChI=1S/C24H31N/c1-16(2)17(3)13-11-9-10-12-14-22-15-23-20(6)18(4)19(5)21(7)24(23)25(22)8/h9-14H,1,15H2,2-8H3. The number of nitrogens with zero attached hydrogens (tertiary/aromatic N) is 1. The van der Waals surface area contributed by atoms with Gasteiger partial charge in [0.1, 0.15) is 0 Å². The van der Waals surface area contributed by atoms with Crippen molar-refractivity contribution in [2.24, 2.45) is 0 Å². The molecule has 0 bridgehead atoms. The molecule has 0 fully saturated rings. The molecule has 25 heavy (non-hydrogen) atoms. The first-order chi connectivity index (χ1) is 11.8. The molecule has 0 radical (unpaired) electrons. The molecule has 0 aromatic heterocycles. The lowest BCUT2D eigenvalue weighted by Crippen LogP contribution is -2.12. The molecular weight excluding hydrogens is 302 g/mol. The predicted octanol–water partition coefficient (Wildman–Crippen LogP) is 6.43. The lowest BCUT2D eigenvalue weighted by Gasteiger charge is -2.20. The molecule has 0 saturated carbocycles. The van der Waals surface area contributed by atoms with E-state index in [-0.39, 0.29) is 0 Å². The van der Waals surface area contributed by atoms with E-state index in [1.165, 1.54) is 44.8 Å². The van der Waals surface area contributed by atoms with Gasteiger partial charge in [0, 0.05) is 24.9 Å². The van der Waals surface area contributed by atoms with Crippen LogP contribution in [0.5, 0.6) is 0 Å². The topological polar surface area (TPSA) is 3.24 Å². The maximum atomic E-state index is 3.94. The summed E-state index contributed by atoms with van der Waals surface area (Å²) < 4.78 is 0. The van der Waals surface area contributed by atoms with Gasteiger partial charge in [-0.25, -0.2) is 0 Å². The first-order valence-corrected chi connectivity index (χ1v) is 8.95. The molecule has 0 atom stereocenters. The third kappa shape index (κ3) is 3.87. The van der Waals surface area contributed by atoms with Gasteiger partial charge in [0.2, 0.25) is 0 Å². The molecule has 0 amide bonds. The minimum atomic E-state index is 1.02. The van der Waals surface area contributed by atoms with Gasteiger partial charge < -0.3 is 4.90 Å². The van der Waals surface area contributed by atoms with E-state index in [1.807, 2.05) is 6.92 Å². The van der Waals surface area contributed by atoms with Crippen LogP contribution in [-0.2, 0) is 6.42 Å². The summed E-state index contributed by atoms with van der Waals surface area (Å²) in [5, 5.41) is 0. The van der Waals surface area contributed by atoms with Gasteiger partial charge in [-0.05, 0) is 81.0 Å². The maximum absolute atomic E-state index is 3.94. The Kier molecular flexibility index (Phi) is 5.89. The maximum Gasteiger partial charge on any atom is 0.0477 e. The van der Waals surface area contributed by atoms with E-state index in [9.17, 15) is 0 Å². The van der Waals surface area contributed by atoms with E-state index in [0.29, 0.717) is 0 Å². The van der Waals surface area contributed by atoms with Gasteiger partial charge in [-0.1, -0.05) is 42.5 Å². The number of hydrogen-bond donors (Lipinski definition) is 0. The van der Waals surface area contributed by atoms with Crippen molar-refractivity contribution in [1.29, 1.82) is 0 Å². The summed E-state index contributed by atoms with van der Waals surface area (Å²) in [5.74, 6) is 0. The van der Waals surface area contributed by atoms with Gasteiger partial charge in [0.05, 0.1) is 0 Å². The third-order valence-electron chi connectivity index (χ3n) is 5.55. The number of anilines is 1. The van der Waals surface area contributed by atoms with Gasteiger partial charge in [-0.15, -0.1) is 0 Å². The fourth-order valence-corrected chi connectivity index (χ4v) is 3.29. The Bertz CT molecular complexity index is 813. The highest BCUT2D eigenvalue weighted by molar-refractivity contribution is 5.73. The molecular formula is C24H31N. The van der Waals surface area contributed by atoms with Crippen molar-refractivity contribution in [2.45, 2.75) is 48.0 Å². The number of allylic oxidation sites excluding steroid dienone is 9. The molecule has 0 saturated heterocycles. The van der Waals surface area contributed by atoms with Gasteiger partial charge in [-0.3, -0.25) is 0 Å². The molecule has 1 aromatic rings. The Morgan fingerprint density at radius 1 is 0.880 bits per heavy atom. The Morgan fingerprint density at radius 3 is 2.12 bits per heavy atom. The summed E-state index contributed by atoms with van der Waals surface area (Å²) >= 11 is 0. The highest BCUT2D eigenvalue weighted by Crippen LogP contribution is 2.41. The van der Waals surface area contributed by atoms with Crippen LogP contribution in [0.2, 0.25) is 0 Å². The van der Waals surface area contributed by atoms with Crippen molar-refractivity contribution in [3.8, 4) is 0 Å². The van der Waals surface area contributed by atoms with E-state index < -0.39 is 0 Å². The van der Waals surface area contributed by atoms with Crippen molar-refractivity contribution >= 4 is 5.69 Å². The fourth-order valence-electron chi connectivity index (χ4n) is 3.29. The minimum Gasteiger partial charge on any atom is -0.347 e. The zero-order valence-electron chi connectivity index (χ0n) is 16.8. The van der Waals surface area contributed by atoms with Crippen molar-refractivity contribution < 1.29 is 0 Å². The van der Waals surface area contributed by atoms with Crippen molar-refractivity contribution in [3.05, 3.63) is 87.7 Å². The summed E-state index contributed by atoms with van der Waals surface area (Å²) in [6, 6.07) is 0. The molecule has 1 aliphatic heterocycles. The van der Waals surface area contributed by atoms with Crippen molar-refractivity contribution in [1.82, 2.24) is 0 Å². The second-order valence-corrected chi connectivity index (χ2v) is 7.12. The molecule has 1 aliphatic rings. The average molecular weight is 334 g/mol. The lowest BCUT2D eigenvalue weighted by atomic mass is 9.92. The summed E-state index contributed by atoms with van der Waals surface area (Å²) in [7, 11) is 2.18. The zero-order chi connectivity index (χ0) is 18.7. The van der Waals surface area contributed by atoms with Crippen LogP contribution in [-0.4, -0.2) is 7.05 Å². The smallest absolute Gasteiger partial charge is 0.0477 e. The monoisotopic (exact) mass is 333 g/mol. The van der Waals surface area contributed by atoms with Crippen LogP contribution in [0.25, 0.3) is 0 Å². The summed E-state index contributed by atoms with van der Waals surface area (Å²) in [6.45, 7) is 17.0. The Morgan fingerprint density at radius 2 is 1.48 bits per heavy atom. The first-order valence-electron chi connectivity index (χ1n) is 8.95. The van der Waals surface area contributed by atoms with Crippen LogP contribution < -0.4 is 4.90 Å². The van der Waals surface area contributed by atoms with Gasteiger partial charge in [-0.2, -0.15) is 0 Å². The predicted molar refractivity (Wildman–Crippen MR) is 112 cm³/mol. The highest BCUT2D eigenvalue weighted by atomic mass is 15.1. The quantitative estimate of drug-likeness (QED) is 0.574. The number of fused-ring (bicyclic) bond motifs is 1. The molecule has 1 heteroatoms. The second kappa shape index (κ2) is 7.74. The molecule has 1 aromatic carbocycles. The number of hydrogen-bond acceptors (Lipinski definition) is 1. The van der Waals surface area contributed by atoms with E-state index in [4.69, 9.17) is 0 Å². The van der Waals surface area contributed by atoms with E-state index in [0.717, 1.165) is 12.0 Å². The van der Waals surface area contributed by atoms with Crippen LogP contribution in [0.3, 0.4) is 0 Å². The van der Waals surface area contributed by atoms with Crippen LogP contribution in [0.15, 0.2) is 59.9 Å². The first kappa shape index (κ1) is 19.1. The van der Waals surface area contributed by atoms with Gasteiger partial charge in [0.25, 0.3) is 0 Å². The molecule has 0 spiro atoms. The summed E-state index contributed by atoms with van der Waals surface area (Å²) in [4.78, 5) is 2.35. The fraction of sp³-hybridized carbons (Fsp3) is 0.333. The normalized spacial score (nSPS) is 16.5. The molecule has 2 rings (SSSR count). The SMILES string of the molecule is C=C(C)C(C)=CC=CC=CC=C1Cc2c(C)c(C)c(C)c(C)c2N1C. The Balaban J connectivity index is 2.19. The molecule has 1 heterocycles. The van der Waals surface area contributed by atoms with Gasteiger partial charge >= 0.3 is 0 Å². The van der Waals surface area contributed by atoms with E-state index in [2.05, 4.69) is 89.6 Å². The largest absolute Gasteiger partial charge is 0.347 e. The van der Waals surface area contributed by atoms with Crippen molar-refractivity contribution in [2.75, 3.05) is 11.9 Å². The molecule has 1 nitrogen and oxygen atoms in total. The van der Waals surface area contributed by atoms with Crippen LogP contribution in [0.4, 0.5) is 5.69 Å². The average Bonchev–Trinajstić information content (AvgIpc) is 2.90. The second-order valence-electron chi connectivity index (χ2n) is 7.12. The Hall–Kier alpha value is -2.28. The Labute approximate surface area is 153 Å². The summed E-state index contributed by atoms with van der Waals surface area (Å²) in [6.07, 6.45) is 13.7. The van der Waals surface area contributed by atoms with Crippen LogP contribution in [0, 0.1) is 27.7 Å². The van der Waals surface area contributed by atoms with Crippen LogP contribution >= 0.6 is 0 Å². The lowest BCUT2D eigenvalue weighted by molar-refractivity contribution is 1.09. The summed E-state index contributed by atoms with van der Waals surface area (Å²) in [5.41, 5.74) is 12.3. The number of rotatable bonds is 4. The zero-order valence-corrected chi connectivity index (χ0v) is 16.8.